The van der Waals surface area contributed by atoms with Gasteiger partial charge in [0.1, 0.15) is 17.6 Å². The lowest BCUT2D eigenvalue weighted by atomic mass is 9.74. The van der Waals surface area contributed by atoms with Crippen molar-refractivity contribution in [1.82, 2.24) is 0 Å². The molecule has 0 saturated carbocycles. The van der Waals surface area contributed by atoms with Crippen LogP contribution in [0.1, 0.15) is 44.1 Å². The SMILES string of the molecule is CC1(C)CC(=O)C2=C(C1)Nc1ccccc1N(C(=O)Cc1ccc(Cl)cc1)[C@H]2c1ccc(-c2cccc([N+](=O)[O-])c2)o1. The largest absolute Gasteiger partial charge is 0.458 e. The van der Waals surface area contributed by atoms with Crippen LogP contribution in [-0.4, -0.2) is 16.6 Å². The average Bonchev–Trinajstić information content (AvgIpc) is 3.38. The Labute approximate surface area is 247 Å². The summed E-state index contributed by atoms with van der Waals surface area (Å²) in [5, 5.41) is 15.5. The molecular weight excluding hydrogens is 554 g/mol. The zero-order valence-corrected chi connectivity index (χ0v) is 23.9. The Hall–Kier alpha value is -4.69. The fraction of sp³-hybridized carbons (Fsp3) is 0.212. The molecule has 1 aliphatic heterocycles. The van der Waals surface area contributed by atoms with E-state index in [0.29, 0.717) is 51.9 Å². The number of carbonyl (C=O) groups excluding carboxylic acids is 2. The van der Waals surface area contributed by atoms with Crippen LogP contribution < -0.4 is 10.2 Å². The van der Waals surface area contributed by atoms with E-state index >= 15 is 0 Å². The number of allylic oxidation sites excluding steroid dienone is 1. The molecule has 1 N–H and O–H groups in total. The van der Waals surface area contributed by atoms with Gasteiger partial charge in [-0.05, 0) is 53.8 Å². The molecular formula is C33H28ClN3O5. The molecule has 1 amide bonds. The van der Waals surface area contributed by atoms with Gasteiger partial charge in [-0.25, -0.2) is 0 Å². The van der Waals surface area contributed by atoms with E-state index in [2.05, 4.69) is 19.2 Å². The maximum atomic E-state index is 14.3. The van der Waals surface area contributed by atoms with E-state index in [1.165, 1.54) is 12.1 Å². The second-order valence-electron chi connectivity index (χ2n) is 11.5. The summed E-state index contributed by atoms with van der Waals surface area (Å²) in [4.78, 5) is 40.8. The van der Waals surface area contributed by atoms with Crippen LogP contribution >= 0.6 is 11.6 Å². The molecule has 0 radical (unpaired) electrons. The number of nitrogens with one attached hydrogen (secondary N) is 1. The number of nitrogens with zero attached hydrogens (tertiary/aromatic N) is 2. The Kier molecular flexibility index (Phi) is 6.94. The number of para-hydroxylation sites is 2. The molecule has 8 nitrogen and oxygen atoms in total. The number of amides is 1. The van der Waals surface area contributed by atoms with E-state index in [9.17, 15) is 19.7 Å². The van der Waals surface area contributed by atoms with E-state index in [4.69, 9.17) is 16.0 Å². The summed E-state index contributed by atoms with van der Waals surface area (Å²) in [5.41, 5.74) is 3.53. The van der Waals surface area contributed by atoms with Crippen molar-refractivity contribution in [2.24, 2.45) is 5.41 Å². The fourth-order valence-corrected chi connectivity index (χ4v) is 5.95. The van der Waals surface area contributed by atoms with Gasteiger partial charge in [0.2, 0.25) is 5.91 Å². The van der Waals surface area contributed by atoms with Gasteiger partial charge in [-0.3, -0.25) is 24.6 Å². The highest BCUT2D eigenvalue weighted by atomic mass is 35.5. The van der Waals surface area contributed by atoms with Crippen LogP contribution in [-0.2, 0) is 16.0 Å². The van der Waals surface area contributed by atoms with Gasteiger partial charge in [-0.1, -0.05) is 61.8 Å². The Morgan fingerprint density at radius 2 is 1.81 bits per heavy atom. The number of benzene rings is 3. The predicted molar refractivity (Wildman–Crippen MR) is 161 cm³/mol. The molecule has 0 saturated heterocycles. The molecule has 0 fully saturated rings. The van der Waals surface area contributed by atoms with Gasteiger partial charge < -0.3 is 9.73 Å². The molecule has 42 heavy (non-hydrogen) atoms. The van der Waals surface area contributed by atoms with Gasteiger partial charge in [0, 0.05) is 40.4 Å². The van der Waals surface area contributed by atoms with Crippen molar-refractivity contribution in [2.75, 3.05) is 10.2 Å². The first kappa shape index (κ1) is 27.5. The van der Waals surface area contributed by atoms with E-state index in [-0.39, 0.29) is 29.2 Å². The van der Waals surface area contributed by atoms with Crippen LogP contribution in [0.4, 0.5) is 17.1 Å². The van der Waals surface area contributed by atoms with Crippen LogP contribution in [0.25, 0.3) is 11.3 Å². The van der Waals surface area contributed by atoms with Crippen molar-refractivity contribution in [3.63, 3.8) is 0 Å². The van der Waals surface area contributed by atoms with Crippen molar-refractivity contribution in [1.29, 1.82) is 0 Å². The van der Waals surface area contributed by atoms with E-state index < -0.39 is 11.0 Å². The number of furan rings is 1. The van der Waals surface area contributed by atoms with Crippen molar-refractivity contribution >= 4 is 40.4 Å². The topological polar surface area (TPSA) is 106 Å². The van der Waals surface area contributed by atoms with E-state index in [0.717, 1.165) is 11.3 Å². The lowest BCUT2D eigenvalue weighted by Gasteiger charge is -2.36. The van der Waals surface area contributed by atoms with E-state index in [1.54, 1.807) is 41.3 Å². The molecule has 0 bridgehead atoms. The maximum absolute atomic E-state index is 14.3. The molecule has 2 heterocycles. The number of rotatable bonds is 5. The molecule has 9 heteroatoms. The smallest absolute Gasteiger partial charge is 0.270 e. The summed E-state index contributed by atoms with van der Waals surface area (Å²) in [6.07, 6.45) is 0.997. The van der Waals surface area contributed by atoms with Crippen molar-refractivity contribution in [2.45, 2.75) is 39.2 Å². The lowest BCUT2D eigenvalue weighted by molar-refractivity contribution is -0.384. The third-order valence-electron chi connectivity index (χ3n) is 7.68. The summed E-state index contributed by atoms with van der Waals surface area (Å²) in [5.74, 6) is 0.496. The Bertz CT molecular complexity index is 1760. The number of halogens is 1. The molecule has 4 aromatic rings. The summed E-state index contributed by atoms with van der Waals surface area (Å²) in [6, 6.07) is 23.4. The number of nitro benzene ring substituents is 1. The molecule has 1 aromatic heterocycles. The molecule has 0 spiro atoms. The van der Waals surface area contributed by atoms with Crippen LogP contribution in [0.3, 0.4) is 0 Å². The number of hydrogen-bond acceptors (Lipinski definition) is 6. The molecule has 212 valence electrons. The van der Waals surface area contributed by atoms with Crippen LogP contribution in [0.2, 0.25) is 5.02 Å². The average molecular weight is 582 g/mol. The number of non-ortho nitro benzene ring substituents is 1. The van der Waals surface area contributed by atoms with Gasteiger partial charge in [0.15, 0.2) is 5.78 Å². The number of carbonyl (C=O) groups is 2. The Balaban J connectivity index is 1.52. The first-order valence-corrected chi connectivity index (χ1v) is 14.0. The summed E-state index contributed by atoms with van der Waals surface area (Å²) < 4.78 is 6.36. The van der Waals surface area contributed by atoms with Gasteiger partial charge in [0.25, 0.3) is 5.69 Å². The Morgan fingerprint density at radius 1 is 1.05 bits per heavy atom. The maximum Gasteiger partial charge on any atom is 0.270 e. The lowest BCUT2D eigenvalue weighted by Crippen LogP contribution is -2.40. The molecule has 1 aliphatic carbocycles. The number of hydrogen-bond donors (Lipinski definition) is 1. The van der Waals surface area contributed by atoms with Gasteiger partial charge in [0.05, 0.1) is 22.7 Å². The normalized spacial score (nSPS) is 17.6. The highest BCUT2D eigenvalue weighted by molar-refractivity contribution is 6.30. The first-order valence-electron chi connectivity index (χ1n) is 13.6. The molecule has 6 rings (SSSR count). The zero-order valence-electron chi connectivity index (χ0n) is 23.1. The predicted octanol–water partition coefficient (Wildman–Crippen LogP) is 7.89. The van der Waals surface area contributed by atoms with Crippen molar-refractivity contribution in [3.05, 3.63) is 123 Å². The minimum Gasteiger partial charge on any atom is -0.458 e. The Morgan fingerprint density at radius 3 is 2.57 bits per heavy atom. The van der Waals surface area contributed by atoms with Crippen molar-refractivity contribution in [3.8, 4) is 11.3 Å². The standard InChI is InChI=1S/C33H28ClN3O5/c1-33(2)18-25-31(27(38)19-33)32(29-15-14-28(42-29)21-6-5-7-23(17-21)37(40)41)36(26-9-4-3-8-24(26)35-25)30(39)16-20-10-12-22(34)13-11-20/h3-15,17,32,35H,16,18-19H2,1-2H3/t32-/m0/s1. The quantitative estimate of drug-likeness (QED) is 0.190. The van der Waals surface area contributed by atoms with Gasteiger partial charge >= 0.3 is 0 Å². The second-order valence-corrected chi connectivity index (χ2v) is 11.9. The van der Waals surface area contributed by atoms with Gasteiger partial charge in [-0.2, -0.15) is 0 Å². The minimum atomic E-state index is -0.855. The molecule has 3 aromatic carbocycles. The third kappa shape index (κ3) is 5.21. The minimum absolute atomic E-state index is 0.0625. The first-order chi connectivity index (χ1) is 20.1. The third-order valence-corrected chi connectivity index (χ3v) is 7.93. The van der Waals surface area contributed by atoms with Crippen LogP contribution in [0.5, 0.6) is 0 Å². The number of Topliss-reactive ketones (excluding diaryl/α,β-unsaturated/α-hetero) is 1. The van der Waals surface area contributed by atoms with Crippen molar-refractivity contribution < 1.29 is 18.9 Å². The summed E-state index contributed by atoms with van der Waals surface area (Å²) in [7, 11) is 0. The molecule has 0 unspecified atom stereocenters. The second kappa shape index (κ2) is 10.6. The molecule has 2 aliphatic rings. The highest BCUT2D eigenvalue weighted by Gasteiger charge is 2.44. The summed E-state index contributed by atoms with van der Waals surface area (Å²) in [6.45, 7) is 4.11. The fourth-order valence-electron chi connectivity index (χ4n) is 5.82. The van der Waals surface area contributed by atoms with Gasteiger partial charge in [-0.15, -0.1) is 0 Å². The van der Waals surface area contributed by atoms with Crippen LogP contribution in [0, 0.1) is 15.5 Å². The van der Waals surface area contributed by atoms with E-state index in [1.807, 2.05) is 36.4 Å². The number of anilines is 2. The number of fused-ring (bicyclic) bond motifs is 1. The van der Waals surface area contributed by atoms with Crippen LogP contribution in [0.15, 0.2) is 101 Å². The number of nitro groups is 1. The zero-order chi connectivity index (χ0) is 29.6. The number of ketones is 1. The summed E-state index contributed by atoms with van der Waals surface area (Å²) >= 11 is 6.09. The molecule has 1 atom stereocenters. The highest BCUT2D eigenvalue weighted by Crippen LogP contribution is 2.49. The monoisotopic (exact) mass is 581 g/mol.